The molecule has 4 heteroatoms. The summed E-state index contributed by atoms with van der Waals surface area (Å²) >= 11 is 0. The van der Waals surface area contributed by atoms with Crippen molar-refractivity contribution in [3.63, 3.8) is 0 Å². The van der Waals surface area contributed by atoms with Crippen LogP contribution >= 0.6 is 0 Å². The summed E-state index contributed by atoms with van der Waals surface area (Å²) in [6.45, 7) is 2.00. The van der Waals surface area contributed by atoms with Crippen LogP contribution in [0, 0.1) is 74.2 Å². The van der Waals surface area contributed by atoms with E-state index in [1.807, 2.05) is 6.92 Å². The second kappa shape index (κ2) is 9.15. The molecule has 3 saturated carbocycles. The van der Waals surface area contributed by atoms with Crippen LogP contribution in [-0.2, 0) is 0 Å². The molecule has 5 unspecified atom stereocenters. The van der Waals surface area contributed by atoms with E-state index in [0.29, 0.717) is 12.3 Å². The van der Waals surface area contributed by atoms with E-state index in [1.165, 1.54) is 38.5 Å². The smallest absolute Gasteiger partial charge is 0.157 e. The van der Waals surface area contributed by atoms with Gasteiger partial charge in [0, 0.05) is 38.2 Å². The van der Waals surface area contributed by atoms with Crippen LogP contribution in [0.1, 0.15) is 64.7 Å². The topological polar surface area (TPSA) is 20.2 Å². The van der Waals surface area contributed by atoms with E-state index in [2.05, 4.69) is 6.42 Å². The van der Waals surface area contributed by atoms with E-state index in [0.717, 1.165) is 24.7 Å². The molecule has 138 valence electrons. The molecule has 0 aromatic heterocycles. The third-order valence-electron chi connectivity index (χ3n) is 6.82. The number of hydrogen-bond donors (Lipinski definition) is 1. The van der Waals surface area contributed by atoms with Gasteiger partial charge in [0.05, 0.1) is 6.10 Å². The van der Waals surface area contributed by atoms with Crippen molar-refractivity contribution in [1.82, 2.24) is 0 Å². The molecule has 0 spiro atoms. The van der Waals surface area contributed by atoms with E-state index >= 15 is 0 Å². The van der Waals surface area contributed by atoms with E-state index in [-0.39, 0.29) is 50.0 Å². The minimum Gasteiger partial charge on any atom is -0.390 e. The zero-order valence-corrected chi connectivity index (χ0v) is 16.1. The number of hydrogen-bond acceptors (Lipinski definition) is 1. The van der Waals surface area contributed by atoms with Crippen LogP contribution < -0.4 is 0 Å². The van der Waals surface area contributed by atoms with Crippen LogP contribution in [0.15, 0.2) is 0 Å². The fourth-order valence-electron chi connectivity index (χ4n) is 5.56. The Kier molecular flexibility index (Phi) is 8.12. The molecule has 1 nitrogen and oxygen atoms in total. The molecule has 3 aliphatic rings. The average Bonchev–Trinajstić information content (AvgIpc) is 2.54. The maximum atomic E-state index is 14.4. The minimum absolute atomic E-state index is 0. The molecule has 0 aromatic carbocycles. The van der Waals surface area contributed by atoms with Crippen LogP contribution in [0.3, 0.4) is 0 Å². The summed E-state index contributed by atoms with van der Waals surface area (Å²) in [5.74, 6) is 1.92. The molecule has 0 aromatic rings. The second-order valence-electron chi connectivity index (χ2n) is 8.12. The summed E-state index contributed by atoms with van der Waals surface area (Å²) in [6.07, 6.45) is 8.29. The first-order chi connectivity index (χ1) is 10.6. The molecule has 1 N–H and O–H groups in total. The Morgan fingerprint density at radius 1 is 0.826 bits per heavy atom. The fraction of sp³-hybridized carbons (Fsp3) is 0.947. The van der Waals surface area contributed by atoms with E-state index in [9.17, 15) is 13.9 Å². The predicted octanol–water partition coefficient (Wildman–Crippen LogP) is 4.88. The predicted molar refractivity (Wildman–Crippen MR) is 84.8 cm³/mol. The van der Waals surface area contributed by atoms with Gasteiger partial charge in [0.2, 0.25) is 0 Å². The first-order valence-corrected chi connectivity index (χ1v) is 9.35. The Bertz CT molecular complexity index is 353. The number of aliphatic hydroxyl groups is 1. The van der Waals surface area contributed by atoms with Crippen LogP contribution in [-0.4, -0.2) is 23.6 Å². The van der Waals surface area contributed by atoms with Crippen molar-refractivity contribution < 1.29 is 52.1 Å². The van der Waals surface area contributed by atoms with E-state index < -0.39 is 18.4 Å². The summed E-state index contributed by atoms with van der Waals surface area (Å²) in [5.41, 5.74) is 0. The largest absolute Gasteiger partial charge is 0.390 e. The van der Waals surface area contributed by atoms with Gasteiger partial charge in [-0.1, -0.05) is 19.8 Å². The standard InChI is InChI=1S/C19H31F2O.Dy/c1-12-11-16(22)18(20)19(21)17(12)15-9-7-14(8-10-15)13-5-3-2-4-6-13;/h2,12-19,22H,3-11H2,1H3;/q-1;. The van der Waals surface area contributed by atoms with Gasteiger partial charge in [-0.15, -0.1) is 0 Å². The van der Waals surface area contributed by atoms with Crippen molar-refractivity contribution in [2.45, 2.75) is 83.2 Å². The Balaban J connectivity index is 0.00000192. The number of halogens is 2. The fourth-order valence-corrected chi connectivity index (χ4v) is 5.56. The molecule has 0 heterocycles. The Morgan fingerprint density at radius 3 is 1.96 bits per heavy atom. The normalized spacial score (nSPS) is 46.2. The van der Waals surface area contributed by atoms with Crippen LogP contribution in [0.4, 0.5) is 8.78 Å². The number of alkyl halides is 2. The SMILES string of the molecule is CC1CC(O)C(F)C(F)C1C1CCC(C2CC[CH-]CC2)CC1.[Dy]. The average molecular weight is 476 g/mol. The molecule has 3 aliphatic carbocycles. The van der Waals surface area contributed by atoms with Crippen molar-refractivity contribution in [1.29, 1.82) is 0 Å². The third kappa shape index (κ3) is 4.63. The molecule has 0 bridgehead atoms. The van der Waals surface area contributed by atoms with Crippen molar-refractivity contribution >= 4 is 0 Å². The quantitative estimate of drug-likeness (QED) is 0.564. The molecule has 3 fully saturated rings. The number of aliphatic hydroxyl groups excluding tert-OH is 1. The van der Waals surface area contributed by atoms with Crippen molar-refractivity contribution in [2.75, 3.05) is 0 Å². The molecule has 0 amide bonds. The van der Waals surface area contributed by atoms with E-state index in [4.69, 9.17) is 0 Å². The molecule has 0 saturated heterocycles. The van der Waals surface area contributed by atoms with Crippen LogP contribution in [0.2, 0.25) is 0 Å². The Hall–Kier alpha value is 1.09. The van der Waals surface area contributed by atoms with Crippen LogP contribution in [0.5, 0.6) is 0 Å². The molecular formula is C19H31DyF2O-. The first kappa shape index (κ1) is 20.4. The van der Waals surface area contributed by atoms with Gasteiger partial charge in [0.15, 0.2) is 6.17 Å². The maximum Gasteiger partial charge on any atom is 0.157 e. The zero-order valence-electron chi connectivity index (χ0n) is 14.1. The van der Waals surface area contributed by atoms with Gasteiger partial charge in [-0.25, -0.2) is 8.78 Å². The van der Waals surface area contributed by atoms with Crippen molar-refractivity contribution in [3.05, 3.63) is 6.42 Å². The first-order valence-electron chi connectivity index (χ1n) is 9.35. The number of rotatable bonds is 2. The third-order valence-corrected chi connectivity index (χ3v) is 6.82. The van der Waals surface area contributed by atoms with Crippen LogP contribution in [0.25, 0.3) is 0 Å². The van der Waals surface area contributed by atoms with Gasteiger partial charge in [-0.05, 0) is 61.7 Å². The molecule has 23 heavy (non-hydrogen) atoms. The minimum atomic E-state index is -1.67. The van der Waals surface area contributed by atoms with Crippen molar-refractivity contribution in [3.8, 4) is 0 Å². The summed E-state index contributed by atoms with van der Waals surface area (Å²) < 4.78 is 28.3. The summed E-state index contributed by atoms with van der Waals surface area (Å²) in [6, 6.07) is 0. The molecule has 0 radical (unpaired) electrons. The molecule has 5 atom stereocenters. The summed E-state index contributed by atoms with van der Waals surface area (Å²) in [5, 5.41) is 9.63. The Labute approximate surface area is 170 Å². The maximum absolute atomic E-state index is 14.4. The second-order valence-corrected chi connectivity index (χ2v) is 8.12. The van der Waals surface area contributed by atoms with Gasteiger partial charge < -0.3 is 11.5 Å². The van der Waals surface area contributed by atoms with Gasteiger partial charge in [0.1, 0.15) is 6.17 Å². The molecular weight excluding hydrogens is 445 g/mol. The monoisotopic (exact) mass is 477 g/mol. The summed E-state index contributed by atoms with van der Waals surface area (Å²) in [4.78, 5) is 0. The summed E-state index contributed by atoms with van der Waals surface area (Å²) in [7, 11) is 0. The molecule has 3 rings (SSSR count). The van der Waals surface area contributed by atoms with Crippen molar-refractivity contribution in [2.24, 2.45) is 29.6 Å². The van der Waals surface area contributed by atoms with Gasteiger partial charge in [0.25, 0.3) is 0 Å². The molecule has 0 aliphatic heterocycles. The van der Waals surface area contributed by atoms with Gasteiger partial charge in [-0.3, -0.25) is 0 Å². The van der Waals surface area contributed by atoms with E-state index in [1.54, 1.807) is 0 Å². The Morgan fingerprint density at radius 2 is 1.35 bits per heavy atom. The zero-order chi connectivity index (χ0) is 15.7. The van der Waals surface area contributed by atoms with Gasteiger partial charge >= 0.3 is 0 Å². The van der Waals surface area contributed by atoms with Gasteiger partial charge in [-0.2, -0.15) is 12.8 Å².